The molecule has 2 N–H and O–H groups in total. The molecule has 1 heterocycles. The minimum Gasteiger partial charge on any atom is -0.496 e. The second kappa shape index (κ2) is 7.64. The van der Waals surface area contributed by atoms with E-state index < -0.39 is 0 Å². The first-order chi connectivity index (χ1) is 10.2. The van der Waals surface area contributed by atoms with Crippen LogP contribution in [0.1, 0.15) is 30.5 Å². The third-order valence-corrected chi connectivity index (χ3v) is 3.32. The summed E-state index contributed by atoms with van der Waals surface area (Å²) in [6.07, 6.45) is 5.54. The van der Waals surface area contributed by atoms with Crippen molar-refractivity contribution in [1.29, 1.82) is 0 Å². The molecule has 0 saturated heterocycles. The minimum atomic E-state index is -0.128. The highest BCUT2D eigenvalue weighted by molar-refractivity contribution is 5.46. The van der Waals surface area contributed by atoms with E-state index >= 15 is 0 Å². The summed E-state index contributed by atoms with van der Waals surface area (Å²) in [4.78, 5) is 4.01. The molecule has 21 heavy (non-hydrogen) atoms. The molecule has 1 aromatic carbocycles. The molecule has 0 spiro atoms. The Hall–Kier alpha value is -2.07. The van der Waals surface area contributed by atoms with E-state index in [2.05, 4.69) is 4.98 Å². The lowest BCUT2D eigenvalue weighted by atomic mass is 10.1. The third-order valence-electron chi connectivity index (χ3n) is 3.32. The van der Waals surface area contributed by atoms with E-state index in [0.717, 1.165) is 29.9 Å². The number of nitrogens with zero attached hydrogens (tertiary/aromatic N) is 1. The Bertz CT molecular complexity index is 556. The first-order valence-electron chi connectivity index (χ1n) is 7.16. The number of aryl methyl sites for hydroxylation is 1. The van der Waals surface area contributed by atoms with Crippen LogP contribution in [0.15, 0.2) is 42.7 Å². The minimum absolute atomic E-state index is 0.128. The van der Waals surface area contributed by atoms with Gasteiger partial charge in [0.25, 0.3) is 0 Å². The maximum absolute atomic E-state index is 6.02. The van der Waals surface area contributed by atoms with Crippen molar-refractivity contribution in [3.63, 3.8) is 0 Å². The van der Waals surface area contributed by atoms with Gasteiger partial charge in [0.2, 0.25) is 0 Å². The maximum atomic E-state index is 6.02. The molecule has 1 aromatic heterocycles. The topological polar surface area (TPSA) is 57.4 Å². The standard InChI is InChI=1S/C17H22N2O2/c1-13(18)17-15(20-2)6-3-7-16(17)21-12-4-5-14-8-10-19-11-9-14/h3,6-11,13H,4-5,12,18H2,1-2H3. The summed E-state index contributed by atoms with van der Waals surface area (Å²) in [5, 5.41) is 0. The molecule has 0 aliphatic heterocycles. The van der Waals surface area contributed by atoms with E-state index in [0.29, 0.717) is 6.61 Å². The van der Waals surface area contributed by atoms with Crippen molar-refractivity contribution < 1.29 is 9.47 Å². The molecule has 0 radical (unpaired) electrons. The lowest BCUT2D eigenvalue weighted by Gasteiger charge is -2.17. The Labute approximate surface area is 125 Å². The van der Waals surface area contributed by atoms with E-state index in [-0.39, 0.29) is 6.04 Å². The third kappa shape index (κ3) is 4.20. The van der Waals surface area contributed by atoms with Gasteiger partial charge in [-0.1, -0.05) is 6.07 Å². The molecule has 0 fully saturated rings. The van der Waals surface area contributed by atoms with Crippen molar-refractivity contribution >= 4 is 0 Å². The van der Waals surface area contributed by atoms with Gasteiger partial charge in [-0.25, -0.2) is 0 Å². The van der Waals surface area contributed by atoms with Gasteiger partial charge >= 0.3 is 0 Å². The van der Waals surface area contributed by atoms with Gasteiger partial charge in [0.15, 0.2) is 0 Å². The maximum Gasteiger partial charge on any atom is 0.127 e. The molecule has 112 valence electrons. The van der Waals surface area contributed by atoms with Crippen LogP contribution in [0.5, 0.6) is 11.5 Å². The highest BCUT2D eigenvalue weighted by atomic mass is 16.5. The SMILES string of the molecule is COc1cccc(OCCCc2ccncc2)c1C(C)N. The fourth-order valence-corrected chi connectivity index (χ4v) is 2.28. The predicted molar refractivity (Wildman–Crippen MR) is 83.6 cm³/mol. The molecule has 4 nitrogen and oxygen atoms in total. The first kappa shape index (κ1) is 15.3. The summed E-state index contributed by atoms with van der Waals surface area (Å²) >= 11 is 0. The number of rotatable bonds is 7. The molecular weight excluding hydrogens is 264 g/mol. The van der Waals surface area contributed by atoms with Crippen LogP contribution in [0.3, 0.4) is 0 Å². The number of ether oxygens (including phenoxy) is 2. The van der Waals surface area contributed by atoms with Gasteiger partial charge < -0.3 is 15.2 Å². The van der Waals surface area contributed by atoms with Gasteiger partial charge in [0.05, 0.1) is 19.3 Å². The number of nitrogens with two attached hydrogens (primary N) is 1. The van der Waals surface area contributed by atoms with Crippen LogP contribution in [-0.2, 0) is 6.42 Å². The van der Waals surface area contributed by atoms with Gasteiger partial charge in [-0.2, -0.15) is 0 Å². The van der Waals surface area contributed by atoms with Crippen LogP contribution in [0.2, 0.25) is 0 Å². The predicted octanol–water partition coefficient (Wildman–Crippen LogP) is 3.12. The van der Waals surface area contributed by atoms with Crippen LogP contribution in [-0.4, -0.2) is 18.7 Å². The van der Waals surface area contributed by atoms with E-state index in [1.807, 2.05) is 49.6 Å². The zero-order chi connectivity index (χ0) is 15.1. The second-order valence-corrected chi connectivity index (χ2v) is 4.97. The Morgan fingerprint density at radius 1 is 1.14 bits per heavy atom. The Morgan fingerprint density at radius 3 is 2.52 bits per heavy atom. The normalized spacial score (nSPS) is 12.0. The lowest BCUT2D eigenvalue weighted by molar-refractivity contribution is 0.302. The molecular formula is C17H22N2O2. The Morgan fingerprint density at radius 2 is 1.86 bits per heavy atom. The van der Waals surface area contributed by atoms with Crippen molar-refractivity contribution in [2.24, 2.45) is 5.73 Å². The monoisotopic (exact) mass is 286 g/mol. The number of pyridine rings is 1. The van der Waals surface area contributed by atoms with Crippen LogP contribution < -0.4 is 15.2 Å². The summed E-state index contributed by atoms with van der Waals surface area (Å²) in [5.74, 6) is 1.58. The van der Waals surface area contributed by atoms with Gasteiger partial charge in [0.1, 0.15) is 11.5 Å². The van der Waals surface area contributed by atoms with Crippen molar-refractivity contribution in [1.82, 2.24) is 4.98 Å². The molecule has 0 saturated carbocycles. The number of methoxy groups -OCH3 is 1. The number of hydrogen-bond donors (Lipinski definition) is 1. The van der Waals surface area contributed by atoms with Crippen molar-refractivity contribution in [2.45, 2.75) is 25.8 Å². The highest BCUT2D eigenvalue weighted by Crippen LogP contribution is 2.32. The molecule has 1 unspecified atom stereocenters. The second-order valence-electron chi connectivity index (χ2n) is 4.97. The highest BCUT2D eigenvalue weighted by Gasteiger charge is 2.14. The Kier molecular flexibility index (Phi) is 5.58. The van der Waals surface area contributed by atoms with Crippen LogP contribution in [0.25, 0.3) is 0 Å². The lowest BCUT2D eigenvalue weighted by Crippen LogP contribution is -2.10. The summed E-state index contributed by atoms with van der Waals surface area (Å²) in [6, 6.07) is 9.69. The molecule has 0 aliphatic rings. The zero-order valence-electron chi connectivity index (χ0n) is 12.6. The van der Waals surface area contributed by atoms with E-state index in [1.165, 1.54) is 5.56 Å². The van der Waals surface area contributed by atoms with Crippen LogP contribution in [0.4, 0.5) is 0 Å². The summed E-state index contributed by atoms with van der Waals surface area (Å²) < 4.78 is 11.2. The quantitative estimate of drug-likeness (QED) is 0.794. The summed E-state index contributed by atoms with van der Waals surface area (Å²) in [7, 11) is 1.65. The smallest absolute Gasteiger partial charge is 0.127 e. The molecule has 0 amide bonds. The van der Waals surface area contributed by atoms with Gasteiger partial charge in [-0.3, -0.25) is 4.98 Å². The Balaban J connectivity index is 1.94. The molecule has 2 rings (SSSR count). The van der Waals surface area contributed by atoms with Crippen molar-refractivity contribution in [3.05, 3.63) is 53.9 Å². The molecule has 4 heteroatoms. The average molecular weight is 286 g/mol. The first-order valence-corrected chi connectivity index (χ1v) is 7.16. The largest absolute Gasteiger partial charge is 0.496 e. The van der Waals surface area contributed by atoms with Crippen molar-refractivity contribution in [2.75, 3.05) is 13.7 Å². The van der Waals surface area contributed by atoms with Gasteiger partial charge in [0, 0.05) is 18.4 Å². The summed E-state index contributed by atoms with van der Waals surface area (Å²) in [5.41, 5.74) is 8.21. The number of hydrogen-bond acceptors (Lipinski definition) is 4. The number of benzene rings is 1. The zero-order valence-corrected chi connectivity index (χ0v) is 12.6. The summed E-state index contributed by atoms with van der Waals surface area (Å²) in [6.45, 7) is 2.58. The fourth-order valence-electron chi connectivity index (χ4n) is 2.28. The molecule has 1 atom stereocenters. The molecule has 0 aliphatic carbocycles. The van der Waals surface area contributed by atoms with Gasteiger partial charge in [-0.15, -0.1) is 0 Å². The van der Waals surface area contributed by atoms with E-state index in [4.69, 9.17) is 15.2 Å². The fraction of sp³-hybridized carbons (Fsp3) is 0.353. The molecule has 0 bridgehead atoms. The van der Waals surface area contributed by atoms with E-state index in [9.17, 15) is 0 Å². The van der Waals surface area contributed by atoms with Crippen LogP contribution in [0, 0.1) is 0 Å². The molecule has 2 aromatic rings. The van der Waals surface area contributed by atoms with E-state index in [1.54, 1.807) is 7.11 Å². The van der Waals surface area contributed by atoms with Gasteiger partial charge in [-0.05, 0) is 49.6 Å². The van der Waals surface area contributed by atoms with Crippen molar-refractivity contribution in [3.8, 4) is 11.5 Å². The number of aromatic nitrogens is 1. The van der Waals surface area contributed by atoms with Crippen LogP contribution >= 0.6 is 0 Å². The average Bonchev–Trinajstić information content (AvgIpc) is 2.52.